The Labute approximate surface area is 90.1 Å². The Balaban J connectivity index is 3.08. The largest absolute Gasteiger partial charge is 0.377 e. The number of rotatable bonds is 3. The molecule has 0 aliphatic carbocycles. The minimum atomic E-state index is -3.70. The van der Waals surface area contributed by atoms with Gasteiger partial charge in [0, 0.05) is 19.8 Å². The first kappa shape index (κ1) is 11.8. The molecule has 5 nitrogen and oxygen atoms in total. The summed E-state index contributed by atoms with van der Waals surface area (Å²) in [6.45, 7) is 1.95. The lowest BCUT2D eigenvalue weighted by molar-refractivity contribution is 0.603. The lowest BCUT2D eigenvalue weighted by Gasteiger charge is -2.16. The SMILES string of the molecule is Cc1ccc(NS(N)(=O)=O)cc1N(C)C. The molecule has 6 heteroatoms. The highest BCUT2D eigenvalue weighted by Crippen LogP contribution is 2.22. The van der Waals surface area contributed by atoms with Crippen LogP contribution in [0.2, 0.25) is 0 Å². The van der Waals surface area contributed by atoms with Gasteiger partial charge in [0.1, 0.15) is 0 Å². The third-order valence-electron chi connectivity index (χ3n) is 1.95. The fourth-order valence-corrected chi connectivity index (χ4v) is 1.77. The Hall–Kier alpha value is -1.27. The predicted octanol–water partition coefficient (Wildman–Crippen LogP) is 0.676. The Morgan fingerprint density at radius 1 is 1.33 bits per heavy atom. The zero-order valence-corrected chi connectivity index (χ0v) is 9.80. The standard InChI is InChI=1S/C9H15N3O2S/c1-7-4-5-8(11-15(10,13)14)6-9(7)12(2)3/h4-6,11H,1-3H3,(H2,10,13,14). The second-order valence-electron chi connectivity index (χ2n) is 3.54. The van der Waals surface area contributed by atoms with E-state index in [0.29, 0.717) is 5.69 Å². The van der Waals surface area contributed by atoms with Gasteiger partial charge in [0.25, 0.3) is 10.2 Å². The van der Waals surface area contributed by atoms with E-state index in [1.165, 1.54) is 0 Å². The molecule has 0 spiro atoms. The molecule has 1 aromatic rings. The van der Waals surface area contributed by atoms with Crippen LogP contribution in [0.15, 0.2) is 18.2 Å². The number of nitrogens with zero attached hydrogens (tertiary/aromatic N) is 1. The van der Waals surface area contributed by atoms with Gasteiger partial charge in [-0.15, -0.1) is 0 Å². The van der Waals surface area contributed by atoms with Gasteiger partial charge in [0.05, 0.1) is 5.69 Å². The molecule has 0 aromatic heterocycles. The Morgan fingerprint density at radius 3 is 2.40 bits per heavy atom. The van der Waals surface area contributed by atoms with E-state index in [1.807, 2.05) is 32.0 Å². The van der Waals surface area contributed by atoms with Gasteiger partial charge < -0.3 is 4.90 Å². The summed E-state index contributed by atoms with van der Waals surface area (Å²) in [6.07, 6.45) is 0. The summed E-state index contributed by atoms with van der Waals surface area (Å²) in [5.74, 6) is 0. The summed E-state index contributed by atoms with van der Waals surface area (Å²) in [4.78, 5) is 1.91. The molecule has 0 amide bonds. The molecule has 0 radical (unpaired) electrons. The van der Waals surface area contributed by atoms with E-state index in [1.54, 1.807) is 12.1 Å². The highest BCUT2D eigenvalue weighted by molar-refractivity contribution is 7.90. The van der Waals surface area contributed by atoms with E-state index < -0.39 is 10.2 Å². The number of nitrogens with two attached hydrogens (primary N) is 1. The molecular formula is C9H15N3O2S. The molecule has 15 heavy (non-hydrogen) atoms. The summed E-state index contributed by atoms with van der Waals surface area (Å²) in [5, 5.41) is 4.88. The van der Waals surface area contributed by atoms with Gasteiger partial charge >= 0.3 is 0 Å². The highest BCUT2D eigenvalue weighted by Gasteiger charge is 2.05. The summed E-state index contributed by atoms with van der Waals surface area (Å²) >= 11 is 0. The second-order valence-corrected chi connectivity index (χ2v) is 4.84. The van der Waals surface area contributed by atoms with Crippen molar-refractivity contribution in [3.05, 3.63) is 23.8 Å². The number of aryl methyl sites for hydroxylation is 1. The van der Waals surface area contributed by atoms with Gasteiger partial charge in [-0.25, -0.2) is 5.14 Å². The zero-order chi connectivity index (χ0) is 11.6. The molecule has 0 atom stereocenters. The molecule has 1 rings (SSSR count). The summed E-state index contributed by atoms with van der Waals surface area (Å²) < 4.78 is 23.9. The maximum Gasteiger partial charge on any atom is 0.296 e. The highest BCUT2D eigenvalue weighted by atomic mass is 32.2. The van der Waals surface area contributed by atoms with Crippen LogP contribution in [0.5, 0.6) is 0 Å². The maximum atomic E-state index is 10.8. The van der Waals surface area contributed by atoms with Crippen molar-refractivity contribution in [1.29, 1.82) is 0 Å². The van der Waals surface area contributed by atoms with Crippen molar-refractivity contribution in [3.63, 3.8) is 0 Å². The van der Waals surface area contributed by atoms with Gasteiger partial charge in [-0.1, -0.05) is 6.07 Å². The van der Waals surface area contributed by atoms with Crippen molar-refractivity contribution >= 4 is 21.6 Å². The minimum Gasteiger partial charge on any atom is -0.377 e. The van der Waals surface area contributed by atoms with Crippen LogP contribution in [-0.4, -0.2) is 22.5 Å². The van der Waals surface area contributed by atoms with Crippen LogP contribution < -0.4 is 14.8 Å². The van der Waals surface area contributed by atoms with Crippen molar-refractivity contribution in [3.8, 4) is 0 Å². The normalized spacial score (nSPS) is 11.2. The van der Waals surface area contributed by atoms with Crippen molar-refractivity contribution < 1.29 is 8.42 Å². The number of nitrogens with one attached hydrogen (secondary N) is 1. The van der Waals surface area contributed by atoms with E-state index in [-0.39, 0.29) is 0 Å². The van der Waals surface area contributed by atoms with Gasteiger partial charge in [0.15, 0.2) is 0 Å². The number of hydrogen-bond acceptors (Lipinski definition) is 3. The van der Waals surface area contributed by atoms with Crippen molar-refractivity contribution in [2.24, 2.45) is 5.14 Å². The molecule has 0 saturated heterocycles. The van der Waals surface area contributed by atoms with Crippen molar-refractivity contribution in [2.75, 3.05) is 23.7 Å². The first-order chi connectivity index (χ1) is 6.79. The fraction of sp³-hybridized carbons (Fsp3) is 0.333. The number of anilines is 2. The third-order valence-corrected chi connectivity index (χ3v) is 2.47. The van der Waals surface area contributed by atoms with E-state index in [4.69, 9.17) is 5.14 Å². The lowest BCUT2D eigenvalue weighted by Crippen LogP contribution is -2.22. The molecule has 0 bridgehead atoms. The van der Waals surface area contributed by atoms with Crippen LogP contribution in [0.4, 0.5) is 11.4 Å². The molecule has 0 aliphatic rings. The summed E-state index contributed by atoms with van der Waals surface area (Å²) in [7, 11) is 0.0828. The zero-order valence-electron chi connectivity index (χ0n) is 8.98. The van der Waals surface area contributed by atoms with Crippen LogP contribution in [0.25, 0.3) is 0 Å². The average molecular weight is 229 g/mol. The minimum absolute atomic E-state index is 0.465. The Morgan fingerprint density at radius 2 is 1.93 bits per heavy atom. The van der Waals surface area contributed by atoms with Crippen LogP contribution in [0, 0.1) is 6.92 Å². The van der Waals surface area contributed by atoms with E-state index >= 15 is 0 Å². The lowest BCUT2D eigenvalue weighted by atomic mass is 10.2. The maximum absolute atomic E-state index is 10.8. The third kappa shape index (κ3) is 3.41. The van der Waals surface area contributed by atoms with E-state index in [9.17, 15) is 8.42 Å². The van der Waals surface area contributed by atoms with Crippen LogP contribution >= 0.6 is 0 Å². The van der Waals surface area contributed by atoms with Crippen LogP contribution in [0.3, 0.4) is 0 Å². The second kappa shape index (κ2) is 4.08. The summed E-state index contributed by atoms with van der Waals surface area (Å²) in [6, 6.07) is 5.25. The summed E-state index contributed by atoms with van der Waals surface area (Å²) in [5.41, 5.74) is 2.48. The molecule has 0 aliphatic heterocycles. The van der Waals surface area contributed by atoms with Crippen molar-refractivity contribution in [2.45, 2.75) is 6.92 Å². The average Bonchev–Trinajstić information content (AvgIpc) is 2.05. The quantitative estimate of drug-likeness (QED) is 0.800. The van der Waals surface area contributed by atoms with Gasteiger partial charge in [-0.05, 0) is 24.6 Å². The van der Waals surface area contributed by atoms with Crippen LogP contribution in [0.1, 0.15) is 5.56 Å². The molecule has 84 valence electrons. The monoisotopic (exact) mass is 229 g/mol. The molecule has 0 heterocycles. The molecule has 3 N–H and O–H groups in total. The molecule has 0 unspecified atom stereocenters. The molecule has 0 saturated carbocycles. The van der Waals surface area contributed by atoms with E-state index in [0.717, 1.165) is 11.3 Å². The predicted molar refractivity (Wildman–Crippen MR) is 62.2 cm³/mol. The van der Waals surface area contributed by atoms with Gasteiger partial charge in [-0.3, -0.25) is 4.72 Å². The van der Waals surface area contributed by atoms with Crippen LogP contribution in [-0.2, 0) is 10.2 Å². The number of benzene rings is 1. The van der Waals surface area contributed by atoms with E-state index in [2.05, 4.69) is 4.72 Å². The van der Waals surface area contributed by atoms with Crippen molar-refractivity contribution in [1.82, 2.24) is 0 Å². The topological polar surface area (TPSA) is 75.4 Å². The Kier molecular flexibility index (Phi) is 3.21. The molecule has 1 aromatic carbocycles. The molecular weight excluding hydrogens is 214 g/mol. The first-order valence-electron chi connectivity index (χ1n) is 4.38. The molecule has 0 fully saturated rings. The smallest absolute Gasteiger partial charge is 0.296 e. The van der Waals surface area contributed by atoms with Gasteiger partial charge in [0.2, 0.25) is 0 Å². The fourth-order valence-electron chi connectivity index (χ4n) is 1.32. The Bertz CT molecular complexity index is 454. The number of hydrogen-bond donors (Lipinski definition) is 2. The first-order valence-corrected chi connectivity index (χ1v) is 5.93. The van der Waals surface area contributed by atoms with Gasteiger partial charge in [-0.2, -0.15) is 8.42 Å².